The second-order valence-electron chi connectivity index (χ2n) is 10.9. The molecule has 0 aliphatic heterocycles. The first-order valence-electron chi connectivity index (χ1n) is 15.7. The van der Waals surface area contributed by atoms with E-state index in [1.807, 2.05) is 50.2 Å². The summed E-state index contributed by atoms with van der Waals surface area (Å²) < 4.78 is 33.4. The van der Waals surface area contributed by atoms with Gasteiger partial charge in [0.1, 0.15) is 11.5 Å². The zero-order chi connectivity index (χ0) is 35.2. The number of carbonyl (C=O) groups excluding carboxylic acids is 1. The number of hydrogen-bond donors (Lipinski definition) is 3. The van der Waals surface area contributed by atoms with E-state index in [0.717, 1.165) is 46.3 Å². The molecule has 2 heterocycles. The van der Waals surface area contributed by atoms with Gasteiger partial charge >= 0.3 is 138 Å². The Bertz CT molecular complexity index is 2230. The molecule has 7 aromatic rings. The van der Waals surface area contributed by atoms with Gasteiger partial charge in [0.25, 0.3) is 16.6 Å². The van der Waals surface area contributed by atoms with Crippen LogP contribution in [-0.2, 0) is 24.0 Å². The van der Waals surface area contributed by atoms with Crippen LogP contribution in [0.4, 0.5) is 0 Å². The first-order chi connectivity index (χ1) is 23.7. The monoisotopic (exact) mass is 950 g/mol. The minimum Gasteiger partial charge on any atom is -1.00 e. The molecular formula is C38H40Cs2N2O8S. The number of aromatic amines is 2. The maximum absolute atomic E-state index is 11.5. The molecule has 0 atom stereocenters. The first-order valence-corrected chi connectivity index (χ1v) is 17.1. The van der Waals surface area contributed by atoms with Gasteiger partial charge in [0, 0.05) is 44.7 Å². The van der Waals surface area contributed by atoms with Gasteiger partial charge < -0.3 is 31.4 Å². The zero-order valence-electron chi connectivity index (χ0n) is 30.5. The second-order valence-corrected chi connectivity index (χ2v) is 12.5. The van der Waals surface area contributed by atoms with E-state index >= 15 is 0 Å². The van der Waals surface area contributed by atoms with Crippen LogP contribution in [0.3, 0.4) is 0 Å². The Morgan fingerprint density at radius 3 is 1.73 bits per heavy atom. The minimum absolute atomic E-state index is 0. The Morgan fingerprint density at radius 1 is 0.706 bits per heavy atom. The molecule has 0 saturated heterocycles. The molecule has 3 N–H and O–H groups in total. The van der Waals surface area contributed by atoms with Gasteiger partial charge in [-0.2, -0.15) is 8.42 Å². The number of phenolic OH excluding ortho intramolecular Hbond substituents is 1. The summed E-state index contributed by atoms with van der Waals surface area (Å²) in [6.45, 7) is 6.71. The largest absolute Gasteiger partial charge is 1.00 e. The molecule has 0 bridgehead atoms. The molecule has 2 aromatic heterocycles. The van der Waals surface area contributed by atoms with Crippen molar-refractivity contribution in [2.45, 2.75) is 38.5 Å². The van der Waals surface area contributed by atoms with Crippen molar-refractivity contribution in [1.82, 2.24) is 9.97 Å². The third-order valence-corrected chi connectivity index (χ3v) is 8.56. The molecule has 0 spiro atoms. The zero-order valence-corrected chi connectivity index (χ0v) is 42.9. The van der Waals surface area contributed by atoms with E-state index in [4.69, 9.17) is 19.0 Å². The van der Waals surface area contributed by atoms with E-state index in [9.17, 15) is 13.5 Å². The minimum atomic E-state index is -3.54. The number of ether oxygens (including phenoxy) is 1. The van der Waals surface area contributed by atoms with Crippen LogP contribution in [0, 0.1) is 6.92 Å². The number of para-hydroxylation sites is 2. The number of carbonyl (C=O) groups is 1. The molecule has 0 saturated carbocycles. The Morgan fingerprint density at radius 2 is 1.20 bits per heavy atom. The van der Waals surface area contributed by atoms with Crippen molar-refractivity contribution in [1.29, 1.82) is 0 Å². The number of H-pyrrole nitrogens is 2. The van der Waals surface area contributed by atoms with E-state index in [1.54, 1.807) is 36.4 Å². The fourth-order valence-electron chi connectivity index (χ4n) is 4.95. The number of phenols is 1. The Kier molecular flexibility index (Phi) is 21.2. The van der Waals surface area contributed by atoms with Gasteiger partial charge in [-0.05, 0) is 68.3 Å². The van der Waals surface area contributed by atoms with E-state index in [1.165, 1.54) is 21.7 Å². The SMILES string of the molecule is CCCOS(=O)(=O)c1ccc(C)cc1.CCCOc1ccc2c(c1)[nH]c1ccccc12.O=CO[O-].Oc1ccc2c(c1)[nH]c1ccccc12.[Cs+].[Cs+].[H-]. The van der Waals surface area contributed by atoms with Gasteiger partial charge in [-0.25, -0.2) is 0 Å². The van der Waals surface area contributed by atoms with E-state index in [-0.39, 0.29) is 157 Å². The molecule has 7 rings (SSSR count). The Balaban J connectivity index is 0.000000363. The summed E-state index contributed by atoms with van der Waals surface area (Å²) in [5.74, 6) is 1.23. The molecule has 13 heteroatoms. The molecule has 0 aliphatic carbocycles. The molecule has 0 aliphatic rings. The van der Waals surface area contributed by atoms with Crippen LogP contribution < -0.4 is 148 Å². The molecule has 0 amide bonds. The average Bonchev–Trinajstić information content (AvgIpc) is 3.68. The van der Waals surface area contributed by atoms with E-state index in [0.29, 0.717) is 12.2 Å². The number of nitrogens with one attached hydrogen (secondary N) is 2. The van der Waals surface area contributed by atoms with Crippen molar-refractivity contribution in [2.75, 3.05) is 13.2 Å². The number of aromatic nitrogens is 2. The number of rotatable bonds is 8. The van der Waals surface area contributed by atoms with Gasteiger partial charge in [0.05, 0.1) is 29.1 Å². The molecule has 0 radical (unpaired) electrons. The van der Waals surface area contributed by atoms with Crippen LogP contribution in [0.25, 0.3) is 43.6 Å². The Hall–Kier alpha value is -1.26. The van der Waals surface area contributed by atoms with Crippen molar-refractivity contribution in [3.8, 4) is 11.5 Å². The van der Waals surface area contributed by atoms with Crippen LogP contribution in [-0.4, -0.2) is 43.2 Å². The summed E-state index contributed by atoms with van der Waals surface area (Å²) in [4.78, 5) is 18.1. The number of fused-ring (bicyclic) bond motifs is 6. The summed E-state index contributed by atoms with van der Waals surface area (Å²) in [5.41, 5.74) is 5.42. The van der Waals surface area contributed by atoms with Gasteiger partial charge in [0.15, 0.2) is 0 Å². The fourth-order valence-corrected chi connectivity index (χ4v) is 5.94. The summed E-state index contributed by atoms with van der Waals surface area (Å²) >= 11 is 0. The molecule has 10 nitrogen and oxygen atoms in total. The van der Waals surface area contributed by atoms with Crippen LogP contribution in [0.15, 0.2) is 114 Å². The molecule has 5 aromatic carbocycles. The average molecular weight is 951 g/mol. The summed E-state index contributed by atoms with van der Waals surface area (Å²) in [5, 5.41) is 22.6. The summed E-state index contributed by atoms with van der Waals surface area (Å²) in [6, 6.07) is 34.7. The normalized spacial score (nSPS) is 10.4. The number of benzene rings is 5. The third-order valence-electron chi connectivity index (χ3n) is 7.23. The van der Waals surface area contributed by atoms with Gasteiger partial charge in [0.2, 0.25) is 0 Å². The summed E-state index contributed by atoms with van der Waals surface area (Å²) in [7, 11) is -3.54. The van der Waals surface area contributed by atoms with Gasteiger partial charge in [-0.3, -0.25) is 8.98 Å². The van der Waals surface area contributed by atoms with E-state index < -0.39 is 10.1 Å². The third kappa shape index (κ3) is 13.5. The molecule has 51 heavy (non-hydrogen) atoms. The van der Waals surface area contributed by atoms with Gasteiger partial charge in [-0.15, -0.1) is 0 Å². The summed E-state index contributed by atoms with van der Waals surface area (Å²) in [6.07, 6.45) is 1.72. The molecule has 0 fully saturated rings. The van der Waals surface area contributed by atoms with Crippen molar-refractivity contribution in [3.05, 3.63) is 115 Å². The molecule has 0 unspecified atom stereocenters. The van der Waals surface area contributed by atoms with Crippen LogP contribution in [0.1, 0.15) is 33.7 Å². The number of aryl methyl sites for hydroxylation is 1. The van der Waals surface area contributed by atoms with E-state index in [2.05, 4.69) is 58.2 Å². The van der Waals surface area contributed by atoms with Gasteiger partial charge in [-0.1, -0.05) is 67.9 Å². The fraction of sp³-hybridized carbons (Fsp3) is 0.184. The maximum atomic E-state index is 11.5. The smallest absolute Gasteiger partial charge is 1.00 e. The first kappa shape index (κ1) is 45.9. The van der Waals surface area contributed by atoms with Crippen molar-refractivity contribution in [3.63, 3.8) is 0 Å². The van der Waals surface area contributed by atoms with Crippen molar-refractivity contribution >= 4 is 60.2 Å². The quantitative estimate of drug-likeness (QED) is 0.0904. The second kappa shape index (κ2) is 23.5. The molecule has 258 valence electrons. The van der Waals surface area contributed by atoms with Crippen LogP contribution in [0.2, 0.25) is 0 Å². The predicted molar refractivity (Wildman–Crippen MR) is 192 cm³/mol. The topological polar surface area (TPSA) is 154 Å². The standard InChI is InChI=1S/C15H15NO.C12H9NO.C10H14O3S.CH2O3.2Cs.H/c1-2-9-17-11-7-8-13-12-5-3-4-6-14(12)16-15(13)10-11;14-8-5-6-10-9-3-1-2-4-11(9)13-12(10)7-8;1-3-8-13-14(11,12)10-6-4-9(2)5-7-10;2-1-4-3;;;/h3-8,10,16H,2,9H2,1H3;1-7,13-14H;4-7H,3,8H2,1-2H3;1,3H;;;/q;;;;2*+1;-1/p-1. The maximum Gasteiger partial charge on any atom is 1.00 e. The predicted octanol–water partition coefficient (Wildman–Crippen LogP) is 1.80. The molecular weight excluding hydrogens is 910 g/mol. The van der Waals surface area contributed by atoms with Crippen molar-refractivity contribution in [2.24, 2.45) is 0 Å². The Labute approximate surface area is 417 Å². The number of hydrogen-bond acceptors (Lipinski definition) is 8. The van der Waals surface area contributed by atoms with Crippen LogP contribution in [0.5, 0.6) is 11.5 Å². The van der Waals surface area contributed by atoms with Crippen molar-refractivity contribution < 1.29 is 177 Å². The number of aromatic hydroxyl groups is 1. The van der Waals surface area contributed by atoms with Crippen LogP contribution >= 0.6 is 0 Å².